The Morgan fingerprint density at radius 3 is 2.81 bits per heavy atom. The minimum absolute atomic E-state index is 0.167. The minimum atomic E-state index is -4.72. The average molecular weight is 397 g/mol. The summed E-state index contributed by atoms with van der Waals surface area (Å²) in [6.07, 6.45) is -4.17. The van der Waals surface area contributed by atoms with E-state index in [2.05, 4.69) is 14.7 Å². The number of aromatic nitrogens is 2. The Morgan fingerprint density at radius 2 is 2.11 bits per heavy atom. The van der Waals surface area contributed by atoms with E-state index in [0.717, 1.165) is 10.9 Å². The van der Waals surface area contributed by atoms with Crippen molar-refractivity contribution in [1.29, 1.82) is 0 Å². The summed E-state index contributed by atoms with van der Waals surface area (Å²) in [5.41, 5.74) is 1.31. The van der Waals surface area contributed by atoms with Crippen LogP contribution in [0.5, 0.6) is 0 Å². The van der Waals surface area contributed by atoms with E-state index in [4.69, 9.17) is 0 Å². The quantitative estimate of drug-likeness (QED) is 0.610. The molecule has 0 spiro atoms. The van der Waals surface area contributed by atoms with Gasteiger partial charge in [0.1, 0.15) is 5.82 Å². The maximum absolute atomic E-state index is 13.4. The van der Waals surface area contributed by atoms with Crippen LogP contribution in [-0.4, -0.2) is 27.5 Å². The summed E-state index contributed by atoms with van der Waals surface area (Å²) in [7, 11) is 0. The lowest BCUT2D eigenvalue weighted by atomic mass is 10.0. The molecule has 3 heterocycles. The lowest BCUT2D eigenvalue weighted by Gasteiger charge is -2.27. The molecule has 1 aliphatic heterocycles. The molecule has 0 atom stereocenters. The van der Waals surface area contributed by atoms with Gasteiger partial charge in [0, 0.05) is 34.5 Å². The highest BCUT2D eigenvalue weighted by molar-refractivity contribution is 7.10. The molecule has 3 aromatic rings. The van der Waals surface area contributed by atoms with Crippen molar-refractivity contribution in [1.82, 2.24) is 15.0 Å². The van der Waals surface area contributed by atoms with Crippen molar-refractivity contribution in [3.63, 3.8) is 0 Å². The highest BCUT2D eigenvalue weighted by atomic mass is 32.1. The first-order valence-corrected chi connectivity index (χ1v) is 8.76. The fourth-order valence-electron chi connectivity index (χ4n) is 2.93. The molecule has 0 bridgehead atoms. The molecule has 0 N–H and O–H groups in total. The molecule has 0 saturated carbocycles. The second kappa shape index (κ2) is 6.45. The van der Waals surface area contributed by atoms with E-state index < -0.39 is 17.9 Å². The van der Waals surface area contributed by atoms with E-state index in [0.29, 0.717) is 24.1 Å². The first-order valence-electron chi connectivity index (χ1n) is 7.88. The van der Waals surface area contributed by atoms with E-state index in [1.165, 1.54) is 34.4 Å². The van der Waals surface area contributed by atoms with Crippen LogP contribution >= 0.6 is 11.3 Å². The van der Waals surface area contributed by atoms with Crippen molar-refractivity contribution in [2.24, 2.45) is 0 Å². The molecule has 10 heteroatoms. The van der Waals surface area contributed by atoms with Crippen LogP contribution in [0.1, 0.15) is 26.7 Å². The zero-order valence-corrected chi connectivity index (χ0v) is 14.4. The van der Waals surface area contributed by atoms with Gasteiger partial charge < -0.3 is 9.42 Å². The van der Waals surface area contributed by atoms with Crippen LogP contribution in [0.3, 0.4) is 0 Å². The molecule has 27 heavy (non-hydrogen) atoms. The van der Waals surface area contributed by atoms with Crippen molar-refractivity contribution in [3.05, 3.63) is 57.4 Å². The molecular weight excluding hydrogens is 386 g/mol. The predicted octanol–water partition coefficient (Wildman–Crippen LogP) is 4.15. The number of benzene rings is 1. The Labute approximate surface area is 154 Å². The van der Waals surface area contributed by atoms with Gasteiger partial charge in [0.2, 0.25) is 5.82 Å². The molecule has 4 rings (SSSR count). The number of rotatable bonds is 2. The maximum Gasteiger partial charge on any atom is 0.471 e. The topological polar surface area (TPSA) is 59.2 Å². The fourth-order valence-corrected chi connectivity index (χ4v) is 3.96. The summed E-state index contributed by atoms with van der Waals surface area (Å²) >= 11 is 1.37. The van der Waals surface area contributed by atoms with Crippen molar-refractivity contribution in [3.8, 4) is 11.4 Å². The number of fused-ring (bicyclic) bond motifs is 1. The van der Waals surface area contributed by atoms with E-state index in [9.17, 15) is 22.4 Å². The fraction of sp³-hybridized carbons (Fsp3) is 0.235. The normalized spacial score (nSPS) is 14.3. The number of alkyl halides is 3. The largest absolute Gasteiger partial charge is 0.471 e. The second-order valence-electron chi connectivity index (χ2n) is 5.96. The molecule has 1 amide bonds. The average Bonchev–Trinajstić information content (AvgIpc) is 3.27. The summed E-state index contributed by atoms with van der Waals surface area (Å²) in [5.74, 6) is -2.44. The van der Waals surface area contributed by atoms with Crippen molar-refractivity contribution >= 4 is 17.2 Å². The van der Waals surface area contributed by atoms with E-state index in [-0.39, 0.29) is 23.8 Å². The van der Waals surface area contributed by atoms with Crippen molar-refractivity contribution in [2.45, 2.75) is 19.1 Å². The number of nitrogens with zero attached hydrogens (tertiary/aromatic N) is 3. The van der Waals surface area contributed by atoms with E-state index in [1.807, 2.05) is 0 Å². The Morgan fingerprint density at radius 1 is 1.30 bits per heavy atom. The van der Waals surface area contributed by atoms with Gasteiger partial charge >= 0.3 is 12.1 Å². The van der Waals surface area contributed by atoms with Crippen molar-refractivity contribution in [2.75, 3.05) is 6.54 Å². The first kappa shape index (κ1) is 17.7. The number of halogens is 4. The Balaban J connectivity index is 1.62. The van der Waals surface area contributed by atoms with Crippen LogP contribution in [-0.2, 0) is 19.1 Å². The number of carbonyl (C=O) groups is 1. The van der Waals surface area contributed by atoms with Gasteiger partial charge in [-0.3, -0.25) is 4.79 Å². The van der Waals surface area contributed by atoms with Crippen LogP contribution in [0.15, 0.2) is 34.2 Å². The van der Waals surface area contributed by atoms with Crippen LogP contribution in [0.25, 0.3) is 11.4 Å². The molecule has 0 unspecified atom stereocenters. The molecular formula is C17H11F4N3O2S. The van der Waals surface area contributed by atoms with Gasteiger partial charge in [-0.15, -0.1) is 11.3 Å². The van der Waals surface area contributed by atoms with Gasteiger partial charge in [-0.25, -0.2) is 4.39 Å². The summed E-state index contributed by atoms with van der Waals surface area (Å²) in [6.45, 7) is 0.613. The predicted molar refractivity (Wildman–Crippen MR) is 87.5 cm³/mol. The van der Waals surface area contributed by atoms with Gasteiger partial charge in [-0.2, -0.15) is 18.2 Å². The number of hydrogen-bond acceptors (Lipinski definition) is 5. The van der Waals surface area contributed by atoms with Gasteiger partial charge in [0.15, 0.2) is 0 Å². The Bertz CT molecular complexity index is 1010. The lowest BCUT2D eigenvalue weighted by Crippen LogP contribution is -2.35. The lowest BCUT2D eigenvalue weighted by molar-refractivity contribution is -0.159. The second-order valence-corrected chi connectivity index (χ2v) is 6.92. The van der Waals surface area contributed by atoms with Crippen LogP contribution in [0.4, 0.5) is 17.6 Å². The number of carbonyl (C=O) groups excluding carboxylic acids is 1. The minimum Gasteiger partial charge on any atom is -0.334 e. The van der Waals surface area contributed by atoms with Crippen LogP contribution < -0.4 is 0 Å². The summed E-state index contributed by atoms with van der Waals surface area (Å²) in [6, 6.07) is 5.37. The molecule has 2 aromatic heterocycles. The smallest absolute Gasteiger partial charge is 0.334 e. The Kier molecular flexibility index (Phi) is 4.22. The first-order chi connectivity index (χ1) is 12.8. The summed E-state index contributed by atoms with van der Waals surface area (Å²) in [5, 5.41) is 5.08. The SMILES string of the molecule is O=C(c1cccc(F)c1)N1CCc2scc(-c3noc(C(F)(F)F)n3)c2C1. The zero-order valence-electron chi connectivity index (χ0n) is 13.6. The molecule has 1 aliphatic rings. The Hall–Kier alpha value is -2.75. The highest BCUT2D eigenvalue weighted by Crippen LogP contribution is 2.36. The highest BCUT2D eigenvalue weighted by Gasteiger charge is 2.39. The zero-order chi connectivity index (χ0) is 19.2. The van der Waals surface area contributed by atoms with E-state index >= 15 is 0 Å². The molecule has 1 aromatic carbocycles. The molecule has 140 valence electrons. The van der Waals surface area contributed by atoms with Crippen LogP contribution in [0.2, 0.25) is 0 Å². The third-order valence-corrected chi connectivity index (χ3v) is 5.30. The van der Waals surface area contributed by atoms with Crippen LogP contribution in [0, 0.1) is 5.82 Å². The van der Waals surface area contributed by atoms with Gasteiger partial charge in [0.05, 0.1) is 0 Å². The maximum atomic E-state index is 13.4. The van der Waals surface area contributed by atoms with Gasteiger partial charge in [-0.1, -0.05) is 11.2 Å². The molecule has 0 radical (unpaired) electrons. The molecule has 0 fully saturated rings. The third kappa shape index (κ3) is 3.32. The summed E-state index contributed by atoms with van der Waals surface area (Å²) < 4.78 is 55.8. The molecule has 5 nitrogen and oxygen atoms in total. The molecule has 0 aliphatic carbocycles. The standard InChI is InChI=1S/C17H11F4N3O2S/c18-10-3-1-2-9(6-10)15(25)24-5-4-13-11(7-24)12(8-27-13)14-22-16(26-23-14)17(19,20)21/h1-3,6,8H,4-5,7H2. The van der Waals surface area contributed by atoms with Gasteiger partial charge in [-0.05, 0) is 30.2 Å². The number of thiophene rings is 1. The number of hydrogen-bond donors (Lipinski definition) is 0. The summed E-state index contributed by atoms with van der Waals surface area (Å²) in [4.78, 5) is 18.5. The van der Waals surface area contributed by atoms with Crippen molar-refractivity contribution < 1.29 is 26.9 Å². The van der Waals surface area contributed by atoms with E-state index in [1.54, 1.807) is 5.38 Å². The number of amides is 1. The monoisotopic (exact) mass is 397 g/mol. The third-order valence-electron chi connectivity index (χ3n) is 4.21. The molecule has 0 saturated heterocycles. The van der Waals surface area contributed by atoms with Gasteiger partial charge in [0.25, 0.3) is 5.91 Å².